The summed E-state index contributed by atoms with van der Waals surface area (Å²) >= 11 is 0. The minimum Gasteiger partial charge on any atom is -0.394 e. The lowest BCUT2D eigenvalue weighted by Gasteiger charge is -2.25. The van der Waals surface area contributed by atoms with E-state index >= 15 is 0 Å². The smallest absolute Gasteiger partial charge is 0.231 e. The number of carbonyl (C=O) groups is 1. The van der Waals surface area contributed by atoms with Crippen molar-refractivity contribution in [3.8, 4) is 0 Å². The lowest BCUT2D eigenvalue weighted by molar-refractivity contribution is -0.125. The van der Waals surface area contributed by atoms with Crippen LogP contribution in [0.5, 0.6) is 0 Å². The Bertz CT molecular complexity index is 418. The van der Waals surface area contributed by atoms with Crippen LogP contribution in [0.3, 0.4) is 0 Å². The normalized spacial score (nSPS) is 18.2. The van der Waals surface area contributed by atoms with Crippen molar-refractivity contribution in [2.45, 2.75) is 46.0 Å². The van der Waals surface area contributed by atoms with Gasteiger partial charge in [0.05, 0.1) is 11.4 Å². The van der Waals surface area contributed by atoms with E-state index in [0.29, 0.717) is 11.5 Å². The minimum absolute atomic E-state index is 0.0655. The number of nitrogen functional groups attached to an aromatic ring is 1. The number of anilines is 2. The summed E-state index contributed by atoms with van der Waals surface area (Å²) in [5.74, 6) is 0.530. The molecule has 1 aliphatic rings. The molecule has 0 aliphatic heterocycles. The van der Waals surface area contributed by atoms with Crippen molar-refractivity contribution in [1.82, 2.24) is 10.2 Å². The first-order valence-corrected chi connectivity index (χ1v) is 6.21. The Balaban J connectivity index is 2.13. The third-order valence-electron chi connectivity index (χ3n) is 3.95. The molecule has 1 aromatic heterocycles. The predicted octanol–water partition coefficient (Wildman–Crippen LogP) is 2.21. The van der Waals surface area contributed by atoms with Crippen molar-refractivity contribution in [2.75, 3.05) is 11.1 Å². The second kappa shape index (κ2) is 4.39. The highest BCUT2D eigenvalue weighted by Crippen LogP contribution is 2.42. The van der Waals surface area contributed by atoms with Crippen molar-refractivity contribution in [3.05, 3.63) is 5.69 Å². The number of H-pyrrole nitrogens is 1. The van der Waals surface area contributed by atoms with Gasteiger partial charge in [-0.3, -0.25) is 9.89 Å². The average molecular weight is 236 g/mol. The molecule has 5 heteroatoms. The van der Waals surface area contributed by atoms with E-state index in [1.165, 1.54) is 0 Å². The highest BCUT2D eigenvalue weighted by molar-refractivity contribution is 5.97. The van der Waals surface area contributed by atoms with Crippen molar-refractivity contribution < 1.29 is 4.79 Å². The largest absolute Gasteiger partial charge is 0.394 e. The lowest BCUT2D eigenvalue weighted by Crippen LogP contribution is -2.33. The second-order valence-corrected chi connectivity index (χ2v) is 4.91. The summed E-state index contributed by atoms with van der Waals surface area (Å²) in [6, 6.07) is 0. The maximum Gasteiger partial charge on any atom is 0.231 e. The first-order chi connectivity index (χ1) is 8.09. The maximum absolute atomic E-state index is 12.3. The Morgan fingerprint density at radius 3 is 2.65 bits per heavy atom. The number of aromatic nitrogens is 2. The molecule has 94 valence electrons. The van der Waals surface area contributed by atoms with Gasteiger partial charge in [-0.1, -0.05) is 19.8 Å². The summed E-state index contributed by atoms with van der Waals surface area (Å²) in [6.45, 7) is 3.91. The van der Waals surface area contributed by atoms with E-state index in [1.807, 2.05) is 6.92 Å². The molecule has 0 aromatic carbocycles. The van der Waals surface area contributed by atoms with Gasteiger partial charge in [0.15, 0.2) is 5.82 Å². The van der Waals surface area contributed by atoms with Gasteiger partial charge in [0, 0.05) is 5.41 Å². The Morgan fingerprint density at radius 2 is 2.18 bits per heavy atom. The summed E-state index contributed by atoms with van der Waals surface area (Å²) in [7, 11) is 0. The molecule has 0 atom stereocenters. The van der Waals surface area contributed by atoms with Gasteiger partial charge in [0.1, 0.15) is 0 Å². The second-order valence-electron chi connectivity index (χ2n) is 4.91. The molecule has 17 heavy (non-hydrogen) atoms. The molecular formula is C12H20N4O. The van der Waals surface area contributed by atoms with E-state index < -0.39 is 0 Å². The zero-order valence-electron chi connectivity index (χ0n) is 10.5. The zero-order valence-corrected chi connectivity index (χ0v) is 10.5. The fraction of sp³-hybridized carbons (Fsp3) is 0.667. The number of carbonyl (C=O) groups excluding carboxylic acids is 1. The minimum atomic E-state index is -0.209. The van der Waals surface area contributed by atoms with E-state index in [0.717, 1.165) is 37.8 Å². The van der Waals surface area contributed by atoms with Gasteiger partial charge in [-0.15, -0.1) is 0 Å². The van der Waals surface area contributed by atoms with Crippen LogP contribution in [0, 0.1) is 12.3 Å². The molecule has 0 spiro atoms. The van der Waals surface area contributed by atoms with Crippen molar-refractivity contribution >= 4 is 17.4 Å². The highest BCUT2D eigenvalue weighted by Gasteiger charge is 2.39. The molecule has 2 rings (SSSR count). The van der Waals surface area contributed by atoms with E-state index in [4.69, 9.17) is 5.73 Å². The monoisotopic (exact) mass is 236 g/mol. The van der Waals surface area contributed by atoms with Crippen LogP contribution in [-0.2, 0) is 4.79 Å². The zero-order chi connectivity index (χ0) is 12.5. The van der Waals surface area contributed by atoms with Crippen LogP contribution in [0.15, 0.2) is 0 Å². The van der Waals surface area contributed by atoms with Crippen LogP contribution in [0.1, 0.15) is 44.7 Å². The quantitative estimate of drug-likeness (QED) is 0.752. The molecule has 0 unspecified atom stereocenters. The van der Waals surface area contributed by atoms with Crippen LogP contribution in [-0.4, -0.2) is 16.1 Å². The number of amides is 1. The van der Waals surface area contributed by atoms with Crippen LogP contribution in [0.4, 0.5) is 11.5 Å². The van der Waals surface area contributed by atoms with Gasteiger partial charge in [-0.2, -0.15) is 5.10 Å². The number of rotatable bonds is 3. The Kier molecular flexibility index (Phi) is 3.09. The predicted molar refractivity (Wildman–Crippen MR) is 67.6 cm³/mol. The van der Waals surface area contributed by atoms with Gasteiger partial charge in [0.2, 0.25) is 5.91 Å². The number of nitrogens with two attached hydrogens (primary N) is 1. The van der Waals surface area contributed by atoms with Crippen molar-refractivity contribution in [3.63, 3.8) is 0 Å². The number of hydrogen-bond acceptors (Lipinski definition) is 3. The maximum atomic E-state index is 12.3. The average Bonchev–Trinajstić information content (AvgIpc) is 2.92. The fourth-order valence-electron chi connectivity index (χ4n) is 2.57. The first kappa shape index (κ1) is 12.0. The van der Waals surface area contributed by atoms with Crippen LogP contribution in [0.2, 0.25) is 0 Å². The van der Waals surface area contributed by atoms with E-state index in [9.17, 15) is 4.79 Å². The third-order valence-corrected chi connectivity index (χ3v) is 3.95. The summed E-state index contributed by atoms with van der Waals surface area (Å²) in [5.41, 5.74) is 6.94. The van der Waals surface area contributed by atoms with Crippen LogP contribution in [0.25, 0.3) is 0 Å². The lowest BCUT2D eigenvalue weighted by atomic mass is 9.82. The molecule has 0 bridgehead atoms. The number of nitrogens with zero attached hydrogens (tertiary/aromatic N) is 1. The molecule has 0 radical (unpaired) electrons. The molecule has 5 nitrogen and oxygen atoms in total. The van der Waals surface area contributed by atoms with E-state index in [2.05, 4.69) is 22.4 Å². The van der Waals surface area contributed by atoms with Gasteiger partial charge in [-0.05, 0) is 26.2 Å². The summed E-state index contributed by atoms with van der Waals surface area (Å²) in [6.07, 6.45) is 5.09. The van der Waals surface area contributed by atoms with Gasteiger partial charge in [-0.25, -0.2) is 0 Å². The Morgan fingerprint density at radius 1 is 1.53 bits per heavy atom. The number of hydrogen-bond donors (Lipinski definition) is 3. The standard InChI is InChI=1S/C12H20N4O/c1-3-12(6-4-5-7-12)11(17)14-10-9(13)8(2)15-16-10/h3-7,13H2,1-2H3,(H2,14,15,16,17). The SMILES string of the molecule is CCC1(C(=O)Nc2n[nH]c(C)c2N)CCCC1. The van der Waals surface area contributed by atoms with E-state index in [-0.39, 0.29) is 11.3 Å². The van der Waals surface area contributed by atoms with Crippen LogP contribution >= 0.6 is 0 Å². The van der Waals surface area contributed by atoms with Crippen molar-refractivity contribution in [1.29, 1.82) is 0 Å². The summed E-state index contributed by atoms with van der Waals surface area (Å²) in [4.78, 5) is 12.3. The molecule has 1 saturated carbocycles. The number of aromatic amines is 1. The van der Waals surface area contributed by atoms with Gasteiger partial charge < -0.3 is 11.1 Å². The molecule has 1 heterocycles. The third kappa shape index (κ3) is 2.01. The molecule has 1 aliphatic carbocycles. The Hall–Kier alpha value is -1.52. The van der Waals surface area contributed by atoms with E-state index in [1.54, 1.807) is 0 Å². The van der Waals surface area contributed by atoms with Gasteiger partial charge >= 0.3 is 0 Å². The van der Waals surface area contributed by atoms with Crippen LogP contribution < -0.4 is 11.1 Å². The number of nitrogens with one attached hydrogen (secondary N) is 2. The molecular weight excluding hydrogens is 216 g/mol. The van der Waals surface area contributed by atoms with Gasteiger partial charge in [0.25, 0.3) is 0 Å². The fourth-order valence-corrected chi connectivity index (χ4v) is 2.57. The molecule has 4 N–H and O–H groups in total. The van der Waals surface area contributed by atoms with Crippen molar-refractivity contribution in [2.24, 2.45) is 5.41 Å². The summed E-state index contributed by atoms with van der Waals surface area (Å²) < 4.78 is 0. The molecule has 0 saturated heterocycles. The first-order valence-electron chi connectivity index (χ1n) is 6.21. The molecule has 1 fully saturated rings. The topological polar surface area (TPSA) is 83.8 Å². The summed E-state index contributed by atoms with van der Waals surface area (Å²) in [5, 5.41) is 9.64. The Labute approximate surface area is 101 Å². The molecule has 1 aromatic rings. The molecule has 1 amide bonds. The number of aryl methyl sites for hydroxylation is 1. The highest BCUT2D eigenvalue weighted by atomic mass is 16.2.